The number of morpholine rings is 1. The molecule has 1 saturated heterocycles. The van der Waals surface area contributed by atoms with Crippen molar-refractivity contribution in [1.29, 1.82) is 5.26 Å². The van der Waals surface area contributed by atoms with Crippen LogP contribution >= 0.6 is 0 Å². The van der Waals surface area contributed by atoms with Crippen LogP contribution in [0.2, 0.25) is 6.32 Å². The molecular formula is C7H11BF3KN2O. The predicted octanol–water partition coefficient (Wildman–Crippen LogP) is -1.94. The van der Waals surface area contributed by atoms with E-state index < -0.39 is 19.4 Å². The second-order valence-electron chi connectivity index (χ2n) is 3.29. The van der Waals surface area contributed by atoms with Gasteiger partial charge in [-0.1, -0.05) is 6.32 Å². The fourth-order valence-electron chi connectivity index (χ4n) is 1.31. The first-order chi connectivity index (χ1) is 6.51. The van der Waals surface area contributed by atoms with Gasteiger partial charge in [0, 0.05) is 13.1 Å². The molecule has 1 heterocycles. The number of hydrogen-bond acceptors (Lipinski definition) is 3. The molecule has 1 aliphatic rings. The minimum atomic E-state index is -4.72. The van der Waals surface area contributed by atoms with Gasteiger partial charge >= 0.3 is 58.4 Å². The first-order valence-corrected chi connectivity index (χ1v) is 4.46. The molecule has 0 N–H and O–H groups in total. The molecule has 0 spiro atoms. The molecule has 15 heavy (non-hydrogen) atoms. The standard InChI is InChI=1S/C7H11BF3N2O.K/c9-8(10,11)1-2-13-3-4-14-7(5-12)6-13;/h7H,1-4,6H2;/q-1;+1. The van der Waals surface area contributed by atoms with Crippen molar-refractivity contribution in [1.82, 2.24) is 4.90 Å². The van der Waals surface area contributed by atoms with Gasteiger partial charge in [0.05, 0.1) is 12.7 Å². The van der Waals surface area contributed by atoms with E-state index in [-0.39, 0.29) is 64.5 Å². The number of nitriles is 1. The van der Waals surface area contributed by atoms with E-state index in [0.717, 1.165) is 0 Å². The molecule has 1 unspecified atom stereocenters. The molecule has 0 amide bonds. The van der Waals surface area contributed by atoms with Gasteiger partial charge in [0.1, 0.15) is 0 Å². The Morgan fingerprint density at radius 2 is 2.13 bits per heavy atom. The van der Waals surface area contributed by atoms with Crippen molar-refractivity contribution < 1.29 is 69.1 Å². The monoisotopic (exact) mass is 246 g/mol. The summed E-state index contributed by atoms with van der Waals surface area (Å²) in [6.45, 7) is -3.65. The fourth-order valence-corrected chi connectivity index (χ4v) is 1.31. The topological polar surface area (TPSA) is 36.3 Å². The summed E-state index contributed by atoms with van der Waals surface area (Å²) in [5.41, 5.74) is 0. The van der Waals surface area contributed by atoms with E-state index in [1.165, 1.54) is 0 Å². The first kappa shape index (κ1) is 15.9. The second kappa shape index (κ2) is 7.27. The summed E-state index contributed by atoms with van der Waals surface area (Å²) in [5, 5.41) is 8.52. The number of nitrogens with zero attached hydrogens (tertiary/aromatic N) is 2. The van der Waals surface area contributed by atoms with Crippen LogP contribution < -0.4 is 51.4 Å². The molecule has 0 aliphatic carbocycles. The van der Waals surface area contributed by atoms with Crippen LogP contribution in [0.3, 0.4) is 0 Å². The third-order valence-corrected chi connectivity index (χ3v) is 2.07. The molecule has 1 atom stereocenters. The van der Waals surface area contributed by atoms with Crippen molar-refractivity contribution >= 4 is 6.98 Å². The Bertz CT molecular complexity index is 233. The molecule has 1 rings (SSSR count). The van der Waals surface area contributed by atoms with E-state index >= 15 is 0 Å². The molecule has 0 saturated carbocycles. The van der Waals surface area contributed by atoms with Crippen molar-refractivity contribution in [3.8, 4) is 6.07 Å². The van der Waals surface area contributed by atoms with E-state index in [9.17, 15) is 12.9 Å². The second-order valence-corrected chi connectivity index (χ2v) is 3.29. The van der Waals surface area contributed by atoms with Crippen LogP contribution in [-0.4, -0.2) is 44.2 Å². The van der Waals surface area contributed by atoms with Gasteiger partial charge < -0.3 is 22.6 Å². The van der Waals surface area contributed by atoms with Gasteiger partial charge in [-0.05, 0) is 6.54 Å². The zero-order valence-electron chi connectivity index (χ0n) is 8.63. The molecule has 3 nitrogen and oxygen atoms in total. The summed E-state index contributed by atoms with van der Waals surface area (Å²) in [6.07, 6.45) is -1.34. The SMILES string of the molecule is N#CC1CN(CC[B-](F)(F)F)CCO1.[K+]. The largest absolute Gasteiger partial charge is 1.00 e. The average Bonchev–Trinajstić information content (AvgIpc) is 2.14. The van der Waals surface area contributed by atoms with Crippen LogP contribution in [0.25, 0.3) is 0 Å². The Labute approximate surface area is 129 Å². The maximum atomic E-state index is 11.9. The molecule has 0 bridgehead atoms. The zero-order chi connectivity index (χ0) is 10.6. The van der Waals surface area contributed by atoms with E-state index in [1.54, 1.807) is 4.90 Å². The van der Waals surface area contributed by atoms with Gasteiger partial charge in [0.15, 0.2) is 6.10 Å². The van der Waals surface area contributed by atoms with Crippen LogP contribution in [0.15, 0.2) is 0 Å². The van der Waals surface area contributed by atoms with Crippen molar-refractivity contribution in [2.75, 3.05) is 26.2 Å². The Hall–Kier alpha value is 0.901. The molecular weight excluding hydrogens is 235 g/mol. The van der Waals surface area contributed by atoms with Gasteiger partial charge in [-0.15, -0.1) is 0 Å². The van der Waals surface area contributed by atoms with E-state index in [4.69, 9.17) is 10.00 Å². The van der Waals surface area contributed by atoms with Crippen molar-refractivity contribution in [3.05, 3.63) is 0 Å². The summed E-state index contributed by atoms with van der Waals surface area (Å²) in [6, 6.07) is 1.89. The predicted molar refractivity (Wildman–Crippen MR) is 45.7 cm³/mol. The van der Waals surface area contributed by atoms with Gasteiger partial charge in [-0.3, -0.25) is 0 Å². The minimum Gasteiger partial charge on any atom is -0.449 e. The summed E-state index contributed by atoms with van der Waals surface area (Å²) in [4.78, 5) is 1.62. The molecule has 1 aliphatic heterocycles. The van der Waals surface area contributed by atoms with Crippen LogP contribution in [0.4, 0.5) is 12.9 Å². The minimum absolute atomic E-state index is 0. The maximum Gasteiger partial charge on any atom is 1.00 e. The molecule has 0 aromatic rings. The third kappa shape index (κ3) is 6.94. The molecule has 0 aromatic carbocycles. The smallest absolute Gasteiger partial charge is 0.449 e. The number of rotatable bonds is 3. The number of halogens is 3. The molecule has 0 radical (unpaired) electrons. The van der Waals surface area contributed by atoms with Crippen LogP contribution in [-0.2, 0) is 4.74 Å². The fraction of sp³-hybridized carbons (Fsp3) is 0.857. The van der Waals surface area contributed by atoms with Crippen molar-refractivity contribution in [2.45, 2.75) is 12.4 Å². The average molecular weight is 246 g/mol. The summed E-state index contributed by atoms with van der Waals surface area (Å²) in [5.74, 6) is 0. The van der Waals surface area contributed by atoms with Crippen LogP contribution in [0.5, 0.6) is 0 Å². The molecule has 8 heteroatoms. The Morgan fingerprint density at radius 1 is 1.47 bits per heavy atom. The number of ether oxygens (including phenoxy) is 1. The van der Waals surface area contributed by atoms with Gasteiger partial charge in [-0.25, -0.2) is 0 Å². The summed E-state index contributed by atoms with van der Waals surface area (Å²) >= 11 is 0. The summed E-state index contributed by atoms with van der Waals surface area (Å²) < 4.78 is 40.8. The van der Waals surface area contributed by atoms with Gasteiger partial charge in [-0.2, -0.15) is 5.26 Å². The van der Waals surface area contributed by atoms with Gasteiger partial charge in [0.25, 0.3) is 0 Å². The third-order valence-electron chi connectivity index (χ3n) is 2.07. The van der Waals surface area contributed by atoms with Crippen molar-refractivity contribution in [3.63, 3.8) is 0 Å². The molecule has 1 fully saturated rings. The number of hydrogen-bond donors (Lipinski definition) is 0. The quantitative estimate of drug-likeness (QED) is 0.544. The Balaban J connectivity index is 0.00000196. The normalized spacial score (nSPS) is 22.9. The molecule has 0 aromatic heterocycles. The van der Waals surface area contributed by atoms with Crippen LogP contribution in [0, 0.1) is 11.3 Å². The zero-order valence-corrected chi connectivity index (χ0v) is 11.7. The van der Waals surface area contributed by atoms with E-state index in [0.29, 0.717) is 13.2 Å². The molecule has 80 valence electrons. The maximum absolute atomic E-state index is 11.9. The Morgan fingerprint density at radius 3 is 2.67 bits per heavy atom. The van der Waals surface area contributed by atoms with E-state index in [1.807, 2.05) is 6.07 Å². The van der Waals surface area contributed by atoms with Crippen LogP contribution in [0.1, 0.15) is 0 Å². The van der Waals surface area contributed by atoms with Crippen molar-refractivity contribution in [2.24, 2.45) is 0 Å². The first-order valence-electron chi connectivity index (χ1n) is 4.46. The summed E-state index contributed by atoms with van der Waals surface area (Å²) in [7, 11) is 0. The van der Waals surface area contributed by atoms with E-state index in [2.05, 4.69) is 0 Å². The van der Waals surface area contributed by atoms with Gasteiger partial charge in [0.2, 0.25) is 0 Å². The Kier molecular flexibility index (Phi) is 7.71.